The first-order valence-corrected chi connectivity index (χ1v) is 6.22. The third-order valence-electron chi connectivity index (χ3n) is 2.47. The Labute approximate surface area is 111 Å². The van der Waals surface area contributed by atoms with Gasteiger partial charge in [-0.3, -0.25) is 14.4 Å². The molecule has 1 N–H and O–H groups in total. The molecule has 0 fully saturated rings. The van der Waals surface area contributed by atoms with Crippen molar-refractivity contribution < 1.29 is 14.3 Å². The summed E-state index contributed by atoms with van der Waals surface area (Å²) in [6, 6.07) is 2.93. The second kappa shape index (κ2) is 7.35. The van der Waals surface area contributed by atoms with Gasteiger partial charge in [0.2, 0.25) is 5.91 Å². The van der Waals surface area contributed by atoms with E-state index in [2.05, 4.69) is 5.32 Å². The Bertz CT molecular complexity index is 508. The number of rotatable bonds is 6. The molecule has 19 heavy (non-hydrogen) atoms. The number of nitrogens with zero attached hydrogens (tertiary/aromatic N) is 1. The normalized spacial score (nSPS) is 10.0. The van der Waals surface area contributed by atoms with E-state index in [1.165, 1.54) is 16.7 Å². The van der Waals surface area contributed by atoms with Crippen molar-refractivity contribution in [1.29, 1.82) is 0 Å². The van der Waals surface area contributed by atoms with Crippen LogP contribution < -0.4 is 10.9 Å². The molecule has 1 rings (SSSR count). The standard InChI is InChI=1S/C13H18N2O4/c1-3-15-9-10(5-7-12(15)17)14-11(16)6-8-13(18)19-4-2/h5,7,9H,3-4,6,8H2,1-2H3,(H,14,16). The SMILES string of the molecule is CCOC(=O)CCC(=O)Nc1ccc(=O)n(CC)c1. The van der Waals surface area contributed by atoms with Gasteiger partial charge in [0, 0.05) is 25.2 Å². The third kappa shape index (κ3) is 4.95. The number of hydrogen-bond donors (Lipinski definition) is 1. The molecule has 0 radical (unpaired) electrons. The summed E-state index contributed by atoms with van der Waals surface area (Å²) in [6.07, 6.45) is 1.68. The number of carbonyl (C=O) groups is 2. The molecular formula is C13H18N2O4. The minimum Gasteiger partial charge on any atom is -0.466 e. The summed E-state index contributed by atoms with van der Waals surface area (Å²) in [4.78, 5) is 34.1. The number of esters is 1. The average Bonchev–Trinajstić information content (AvgIpc) is 2.39. The fourth-order valence-electron chi connectivity index (χ4n) is 1.52. The molecule has 6 nitrogen and oxygen atoms in total. The topological polar surface area (TPSA) is 77.4 Å². The molecule has 0 saturated heterocycles. The number of hydrogen-bond acceptors (Lipinski definition) is 4. The minimum absolute atomic E-state index is 0.0487. The zero-order valence-corrected chi connectivity index (χ0v) is 11.1. The van der Waals surface area contributed by atoms with Gasteiger partial charge in [0.05, 0.1) is 18.7 Å². The van der Waals surface area contributed by atoms with Crippen LogP contribution in [-0.2, 0) is 20.9 Å². The highest BCUT2D eigenvalue weighted by atomic mass is 16.5. The third-order valence-corrected chi connectivity index (χ3v) is 2.47. The van der Waals surface area contributed by atoms with Crippen LogP contribution >= 0.6 is 0 Å². The Kier molecular flexibility index (Phi) is 5.78. The predicted octanol–water partition coefficient (Wildman–Crippen LogP) is 1.15. The summed E-state index contributed by atoms with van der Waals surface area (Å²) in [7, 11) is 0. The fraction of sp³-hybridized carbons (Fsp3) is 0.462. The number of carbonyl (C=O) groups excluding carboxylic acids is 2. The highest BCUT2D eigenvalue weighted by Crippen LogP contribution is 2.05. The number of anilines is 1. The van der Waals surface area contributed by atoms with E-state index < -0.39 is 5.97 Å². The molecule has 0 aromatic carbocycles. The lowest BCUT2D eigenvalue weighted by atomic mass is 10.3. The Morgan fingerprint density at radius 2 is 2.00 bits per heavy atom. The first kappa shape index (κ1) is 14.9. The maximum Gasteiger partial charge on any atom is 0.306 e. The second-order valence-electron chi connectivity index (χ2n) is 3.90. The van der Waals surface area contributed by atoms with Crippen LogP contribution in [-0.4, -0.2) is 23.1 Å². The van der Waals surface area contributed by atoms with Gasteiger partial charge in [-0.1, -0.05) is 0 Å². The van der Waals surface area contributed by atoms with Gasteiger partial charge in [0.25, 0.3) is 5.56 Å². The summed E-state index contributed by atoms with van der Waals surface area (Å²) in [5.41, 5.74) is 0.419. The number of pyridine rings is 1. The van der Waals surface area contributed by atoms with Crippen molar-refractivity contribution in [3.05, 3.63) is 28.7 Å². The zero-order valence-electron chi connectivity index (χ0n) is 11.1. The van der Waals surface area contributed by atoms with Crippen LogP contribution in [0.4, 0.5) is 5.69 Å². The maximum absolute atomic E-state index is 11.6. The average molecular weight is 266 g/mol. The molecule has 0 aliphatic rings. The lowest BCUT2D eigenvalue weighted by molar-refractivity contribution is -0.144. The van der Waals surface area contributed by atoms with Gasteiger partial charge in [-0.2, -0.15) is 0 Å². The molecule has 0 aliphatic heterocycles. The van der Waals surface area contributed by atoms with Crippen molar-refractivity contribution in [3.63, 3.8) is 0 Å². The second-order valence-corrected chi connectivity index (χ2v) is 3.90. The van der Waals surface area contributed by atoms with Crippen LogP contribution in [0.25, 0.3) is 0 Å². The maximum atomic E-state index is 11.6. The molecule has 0 bridgehead atoms. The van der Waals surface area contributed by atoms with Crippen LogP contribution in [0.5, 0.6) is 0 Å². The number of nitrogens with one attached hydrogen (secondary N) is 1. The van der Waals surface area contributed by atoms with Crippen molar-refractivity contribution in [1.82, 2.24) is 4.57 Å². The molecule has 0 aliphatic carbocycles. The van der Waals surface area contributed by atoms with Gasteiger partial charge in [-0.15, -0.1) is 0 Å². The van der Waals surface area contributed by atoms with E-state index in [0.717, 1.165) is 0 Å². The Hall–Kier alpha value is -2.11. The van der Waals surface area contributed by atoms with Gasteiger partial charge < -0.3 is 14.6 Å². The largest absolute Gasteiger partial charge is 0.466 e. The summed E-state index contributed by atoms with van der Waals surface area (Å²) >= 11 is 0. The quantitative estimate of drug-likeness (QED) is 0.783. The lowest BCUT2D eigenvalue weighted by Crippen LogP contribution is -2.20. The Morgan fingerprint density at radius 1 is 1.26 bits per heavy atom. The molecule has 1 amide bonds. The zero-order chi connectivity index (χ0) is 14.3. The van der Waals surface area contributed by atoms with E-state index in [4.69, 9.17) is 4.74 Å². The van der Waals surface area contributed by atoms with Crippen molar-refractivity contribution in [3.8, 4) is 0 Å². The van der Waals surface area contributed by atoms with Gasteiger partial charge in [-0.05, 0) is 19.9 Å². The van der Waals surface area contributed by atoms with Gasteiger partial charge in [0.15, 0.2) is 0 Å². The smallest absolute Gasteiger partial charge is 0.306 e. The number of aromatic nitrogens is 1. The van der Waals surface area contributed by atoms with E-state index >= 15 is 0 Å². The monoisotopic (exact) mass is 266 g/mol. The van der Waals surface area contributed by atoms with E-state index in [9.17, 15) is 14.4 Å². The fourth-order valence-corrected chi connectivity index (χ4v) is 1.52. The lowest BCUT2D eigenvalue weighted by Gasteiger charge is -2.07. The molecule has 0 unspecified atom stereocenters. The number of ether oxygens (including phenoxy) is 1. The molecule has 0 atom stereocenters. The minimum atomic E-state index is -0.392. The molecule has 1 aromatic heterocycles. The highest BCUT2D eigenvalue weighted by molar-refractivity contribution is 5.92. The van der Waals surface area contributed by atoms with Gasteiger partial charge in [0.1, 0.15) is 0 Å². The van der Waals surface area contributed by atoms with Crippen molar-refractivity contribution in [2.24, 2.45) is 0 Å². The van der Waals surface area contributed by atoms with E-state index in [1.807, 2.05) is 6.92 Å². The van der Waals surface area contributed by atoms with Crippen molar-refractivity contribution in [2.45, 2.75) is 33.2 Å². The summed E-state index contributed by atoms with van der Waals surface area (Å²) in [6.45, 7) is 4.40. The van der Waals surface area contributed by atoms with Gasteiger partial charge >= 0.3 is 5.97 Å². The Morgan fingerprint density at radius 3 is 2.63 bits per heavy atom. The molecule has 1 aromatic rings. The van der Waals surface area contributed by atoms with E-state index in [-0.39, 0.29) is 24.3 Å². The summed E-state index contributed by atoms with van der Waals surface area (Å²) in [5.74, 6) is -0.675. The van der Waals surface area contributed by atoms with E-state index in [0.29, 0.717) is 18.8 Å². The van der Waals surface area contributed by atoms with Crippen molar-refractivity contribution in [2.75, 3.05) is 11.9 Å². The van der Waals surface area contributed by atoms with Crippen LogP contribution in [0.1, 0.15) is 26.7 Å². The van der Waals surface area contributed by atoms with Crippen LogP contribution in [0.15, 0.2) is 23.1 Å². The molecule has 0 saturated carbocycles. The highest BCUT2D eigenvalue weighted by Gasteiger charge is 2.08. The number of aryl methyl sites for hydroxylation is 1. The molecule has 0 spiro atoms. The first-order valence-electron chi connectivity index (χ1n) is 6.22. The molecule has 6 heteroatoms. The number of amides is 1. The van der Waals surface area contributed by atoms with Crippen LogP contribution in [0.2, 0.25) is 0 Å². The van der Waals surface area contributed by atoms with Crippen LogP contribution in [0, 0.1) is 0 Å². The molecule has 1 heterocycles. The predicted molar refractivity (Wildman–Crippen MR) is 70.9 cm³/mol. The molecular weight excluding hydrogens is 248 g/mol. The van der Waals surface area contributed by atoms with Crippen molar-refractivity contribution >= 4 is 17.6 Å². The Balaban J connectivity index is 2.53. The molecule has 104 valence electrons. The first-order chi connectivity index (χ1) is 9.06. The van der Waals surface area contributed by atoms with E-state index in [1.54, 1.807) is 13.1 Å². The summed E-state index contributed by atoms with van der Waals surface area (Å²) in [5, 5.41) is 2.63. The van der Waals surface area contributed by atoms with Crippen LogP contribution in [0.3, 0.4) is 0 Å². The summed E-state index contributed by atoms with van der Waals surface area (Å²) < 4.78 is 6.22. The van der Waals surface area contributed by atoms with Gasteiger partial charge in [-0.25, -0.2) is 0 Å².